The van der Waals surface area contributed by atoms with E-state index in [0.29, 0.717) is 12.0 Å². The Kier molecular flexibility index (Phi) is 3.38. The van der Waals surface area contributed by atoms with Crippen molar-refractivity contribution in [2.24, 2.45) is 5.73 Å². The lowest BCUT2D eigenvalue weighted by molar-refractivity contribution is 0.276. The molecule has 0 aliphatic carbocycles. The fraction of sp³-hybridized carbons (Fsp3) is 0.333. The zero-order valence-electron chi connectivity index (χ0n) is 7.14. The molecule has 1 rings (SSSR count). The van der Waals surface area contributed by atoms with Crippen molar-refractivity contribution in [3.63, 3.8) is 0 Å². The number of hydrogen-bond acceptors (Lipinski definition) is 4. The molecule has 0 aromatic carbocycles. The van der Waals surface area contributed by atoms with Crippen molar-refractivity contribution in [3.05, 3.63) is 29.6 Å². The molecule has 0 aliphatic rings. The second-order valence-corrected chi connectivity index (χ2v) is 2.74. The van der Waals surface area contributed by atoms with Gasteiger partial charge in [-0.05, 0) is 18.1 Å². The van der Waals surface area contributed by atoms with Crippen LogP contribution in [0.3, 0.4) is 0 Å². The molecule has 68 valence electrons. The molecule has 0 aliphatic heterocycles. The summed E-state index contributed by atoms with van der Waals surface area (Å²) in [5.74, 6) is 0. The molecule has 1 aromatic rings. The molecule has 0 spiro atoms. The van der Waals surface area contributed by atoms with Crippen molar-refractivity contribution < 1.29 is 5.11 Å². The molecule has 0 fully saturated rings. The van der Waals surface area contributed by atoms with Gasteiger partial charge in [0.2, 0.25) is 0 Å². The molecule has 1 aromatic heterocycles. The number of nitrogens with two attached hydrogens (primary N) is 1. The van der Waals surface area contributed by atoms with E-state index < -0.39 is 0 Å². The number of rotatable bonds is 3. The van der Waals surface area contributed by atoms with Crippen molar-refractivity contribution in [3.8, 4) is 6.07 Å². The van der Waals surface area contributed by atoms with E-state index in [0.717, 1.165) is 5.56 Å². The largest absolute Gasteiger partial charge is 0.396 e. The Labute approximate surface area is 76.6 Å². The molecule has 4 heteroatoms. The minimum Gasteiger partial charge on any atom is -0.396 e. The van der Waals surface area contributed by atoms with Gasteiger partial charge in [-0.3, -0.25) is 4.98 Å². The van der Waals surface area contributed by atoms with E-state index in [1.165, 1.54) is 6.20 Å². The van der Waals surface area contributed by atoms with Gasteiger partial charge in [0, 0.05) is 25.0 Å². The van der Waals surface area contributed by atoms with Crippen molar-refractivity contribution in [2.45, 2.75) is 12.5 Å². The minimum absolute atomic E-state index is 0.0396. The lowest BCUT2D eigenvalue weighted by atomic mass is 10.1. The number of hydrogen-bond donors (Lipinski definition) is 2. The van der Waals surface area contributed by atoms with Gasteiger partial charge in [0.1, 0.15) is 6.07 Å². The molecule has 0 saturated heterocycles. The van der Waals surface area contributed by atoms with Gasteiger partial charge in [-0.15, -0.1) is 0 Å². The predicted molar refractivity (Wildman–Crippen MR) is 47.6 cm³/mol. The molecule has 4 nitrogen and oxygen atoms in total. The van der Waals surface area contributed by atoms with E-state index in [2.05, 4.69) is 4.98 Å². The Balaban J connectivity index is 2.83. The first kappa shape index (κ1) is 9.65. The first-order valence-electron chi connectivity index (χ1n) is 3.99. The second-order valence-electron chi connectivity index (χ2n) is 2.74. The maximum absolute atomic E-state index is 8.66. The second kappa shape index (κ2) is 4.55. The molecule has 0 radical (unpaired) electrons. The summed E-state index contributed by atoms with van der Waals surface area (Å²) in [5.41, 5.74) is 7.00. The maximum Gasteiger partial charge on any atom is 0.101 e. The molecular weight excluding hydrogens is 166 g/mol. The summed E-state index contributed by atoms with van der Waals surface area (Å²) in [6.07, 6.45) is 3.58. The average Bonchev–Trinajstić information content (AvgIpc) is 2.18. The molecule has 0 amide bonds. The van der Waals surface area contributed by atoms with Gasteiger partial charge in [-0.25, -0.2) is 0 Å². The van der Waals surface area contributed by atoms with Gasteiger partial charge in [0.25, 0.3) is 0 Å². The lowest BCUT2D eigenvalue weighted by Gasteiger charge is -2.09. The highest BCUT2D eigenvalue weighted by molar-refractivity contribution is 5.30. The fourth-order valence-electron chi connectivity index (χ4n) is 1.03. The number of aromatic nitrogens is 1. The van der Waals surface area contributed by atoms with E-state index in [1.54, 1.807) is 12.3 Å². The standard InChI is InChI=1S/C9H11N3O/c10-4-7-3-8(6-12-5-7)9(11)1-2-13/h3,5-6,9,13H,1-2,11H2. The minimum atomic E-state index is -0.245. The van der Waals surface area contributed by atoms with E-state index in [9.17, 15) is 0 Å². The number of pyridine rings is 1. The van der Waals surface area contributed by atoms with Gasteiger partial charge >= 0.3 is 0 Å². The van der Waals surface area contributed by atoms with Gasteiger partial charge < -0.3 is 10.8 Å². The molecule has 1 heterocycles. The summed E-state index contributed by atoms with van der Waals surface area (Å²) in [4.78, 5) is 3.87. The average molecular weight is 177 g/mol. The molecule has 0 saturated carbocycles. The molecule has 13 heavy (non-hydrogen) atoms. The Hall–Kier alpha value is -1.44. The van der Waals surface area contributed by atoms with Crippen LogP contribution in [-0.4, -0.2) is 16.7 Å². The van der Waals surface area contributed by atoms with Crippen LogP contribution in [0, 0.1) is 11.3 Å². The highest BCUT2D eigenvalue weighted by Crippen LogP contribution is 2.12. The number of aliphatic hydroxyl groups is 1. The van der Waals surface area contributed by atoms with E-state index in [4.69, 9.17) is 16.1 Å². The monoisotopic (exact) mass is 177 g/mol. The van der Waals surface area contributed by atoms with Crippen molar-refractivity contribution >= 4 is 0 Å². The van der Waals surface area contributed by atoms with Gasteiger partial charge in [-0.1, -0.05) is 0 Å². The Morgan fingerprint density at radius 1 is 1.62 bits per heavy atom. The van der Waals surface area contributed by atoms with Gasteiger partial charge in [-0.2, -0.15) is 5.26 Å². The van der Waals surface area contributed by atoms with Crippen molar-refractivity contribution in [1.82, 2.24) is 4.98 Å². The van der Waals surface area contributed by atoms with Crippen LogP contribution < -0.4 is 5.73 Å². The van der Waals surface area contributed by atoms with Crippen molar-refractivity contribution in [2.75, 3.05) is 6.61 Å². The lowest BCUT2D eigenvalue weighted by Crippen LogP contribution is -2.12. The van der Waals surface area contributed by atoms with E-state index >= 15 is 0 Å². The quantitative estimate of drug-likeness (QED) is 0.697. The van der Waals surface area contributed by atoms with Crippen LogP contribution in [0.25, 0.3) is 0 Å². The van der Waals surface area contributed by atoms with Crippen LogP contribution in [0.1, 0.15) is 23.6 Å². The Bertz CT molecular complexity index is 319. The Morgan fingerprint density at radius 2 is 2.38 bits per heavy atom. The highest BCUT2D eigenvalue weighted by Gasteiger charge is 2.05. The summed E-state index contributed by atoms with van der Waals surface area (Å²) in [7, 11) is 0. The van der Waals surface area contributed by atoms with Crippen LogP contribution >= 0.6 is 0 Å². The number of nitrogens with zero attached hydrogens (tertiary/aromatic N) is 2. The predicted octanol–water partition coefficient (Wildman–Crippen LogP) is 0.335. The van der Waals surface area contributed by atoms with Crippen LogP contribution in [0.5, 0.6) is 0 Å². The number of aliphatic hydroxyl groups excluding tert-OH is 1. The SMILES string of the molecule is N#Cc1cncc(C(N)CCO)c1. The maximum atomic E-state index is 8.66. The molecule has 0 bridgehead atoms. The summed E-state index contributed by atoms with van der Waals surface area (Å²) in [6.45, 7) is 0.0396. The van der Waals surface area contributed by atoms with E-state index in [1.807, 2.05) is 6.07 Å². The highest BCUT2D eigenvalue weighted by atomic mass is 16.3. The summed E-state index contributed by atoms with van der Waals surface area (Å²) in [6, 6.07) is 3.43. The summed E-state index contributed by atoms with van der Waals surface area (Å²) in [5, 5.41) is 17.3. The first-order valence-corrected chi connectivity index (χ1v) is 3.99. The van der Waals surface area contributed by atoms with Gasteiger partial charge in [0.15, 0.2) is 0 Å². The van der Waals surface area contributed by atoms with Crippen LogP contribution in [0.4, 0.5) is 0 Å². The normalized spacial score (nSPS) is 12.1. The summed E-state index contributed by atoms with van der Waals surface area (Å²) < 4.78 is 0. The zero-order chi connectivity index (χ0) is 9.68. The zero-order valence-corrected chi connectivity index (χ0v) is 7.14. The first-order chi connectivity index (χ1) is 6.27. The molecule has 3 N–H and O–H groups in total. The third-order valence-corrected chi connectivity index (χ3v) is 1.76. The Morgan fingerprint density at radius 3 is 3.00 bits per heavy atom. The van der Waals surface area contributed by atoms with Crippen LogP contribution in [0.15, 0.2) is 18.5 Å². The topological polar surface area (TPSA) is 82.9 Å². The van der Waals surface area contributed by atoms with E-state index in [-0.39, 0.29) is 12.6 Å². The molecule has 1 atom stereocenters. The summed E-state index contributed by atoms with van der Waals surface area (Å²) >= 11 is 0. The fourth-order valence-corrected chi connectivity index (χ4v) is 1.03. The molecular formula is C9H11N3O. The molecule has 1 unspecified atom stereocenters. The smallest absolute Gasteiger partial charge is 0.101 e. The van der Waals surface area contributed by atoms with Gasteiger partial charge in [0.05, 0.1) is 5.56 Å². The third-order valence-electron chi connectivity index (χ3n) is 1.76. The third kappa shape index (κ3) is 2.51. The van der Waals surface area contributed by atoms with Crippen molar-refractivity contribution in [1.29, 1.82) is 5.26 Å². The van der Waals surface area contributed by atoms with Crippen LogP contribution in [-0.2, 0) is 0 Å². The number of nitriles is 1. The van der Waals surface area contributed by atoms with Crippen LogP contribution in [0.2, 0.25) is 0 Å².